The summed E-state index contributed by atoms with van der Waals surface area (Å²) >= 11 is 5.44. The van der Waals surface area contributed by atoms with Crippen LogP contribution >= 0.6 is 12.2 Å². The van der Waals surface area contributed by atoms with Gasteiger partial charge in [-0.3, -0.25) is 4.90 Å². The second-order valence-electron chi connectivity index (χ2n) is 7.32. The number of rotatable bonds is 5. The van der Waals surface area contributed by atoms with Crippen molar-refractivity contribution < 1.29 is 0 Å². The van der Waals surface area contributed by atoms with Gasteiger partial charge < -0.3 is 10.6 Å². The molecule has 24 heavy (non-hydrogen) atoms. The molecule has 3 nitrogen and oxygen atoms in total. The van der Waals surface area contributed by atoms with Crippen molar-refractivity contribution in [2.24, 2.45) is 0 Å². The second kappa shape index (κ2) is 9.38. The number of thiocarbonyl (C=S) groups is 1. The van der Waals surface area contributed by atoms with Crippen LogP contribution in [0.25, 0.3) is 0 Å². The number of benzene rings is 1. The maximum atomic E-state index is 5.44. The Morgan fingerprint density at radius 3 is 2.25 bits per heavy atom. The van der Waals surface area contributed by atoms with Crippen molar-refractivity contribution in [2.45, 2.75) is 70.5 Å². The van der Waals surface area contributed by atoms with Gasteiger partial charge in [0.2, 0.25) is 0 Å². The number of piperidine rings is 1. The quantitative estimate of drug-likeness (QED) is 0.790. The Hall–Kier alpha value is -1.13. The van der Waals surface area contributed by atoms with Crippen molar-refractivity contribution in [1.29, 1.82) is 0 Å². The Balaban J connectivity index is 1.39. The molecule has 3 rings (SSSR count). The normalized spacial score (nSPS) is 19.8. The summed E-state index contributed by atoms with van der Waals surface area (Å²) < 4.78 is 0. The molecule has 1 aliphatic carbocycles. The zero-order valence-corrected chi connectivity index (χ0v) is 15.5. The van der Waals surface area contributed by atoms with Gasteiger partial charge in [0.05, 0.1) is 0 Å². The molecule has 0 spiro atoms. The molecule has 1 aliphatic heterocycles. The van der Waals surface area contributed by atoms with E-state index in [9.17, 15) is 0 Å². The maximum absolute atomic E-state index is 5.44. The molecular formula is C20H31N3S. The van der Waals surface area contributed by atoms with E-state index in [0.717, 1.165) is 18.2 Å². The van der Waals surface area contributed by atoms with Crippen LogP contribution < -0.4 is 10.6 Å². The highest BCUT2D eigenvalue weighted by Gasteiger charge is 2.14. The lowest BCUT2D eigenvalue weighted by molar-refractivity contribution is 0.221. The first-order valence-electron chi connectivity index (χ1n) is 9.64. The van der Waals surface area contributed by atoms with Crippen LogP contribution in [0.2, 0.25) is 0 Å². The van der Waals surface area contributed by atoms with Crippen LogP contribution in [0.1, 0.15) is 62.5 Å². The van der Waals surface area contributed by atoms with E-state index in [-0.39, 0.29) is 0 Å². The highest BCUT2D eigenvalue weighted by Crippen LogP contribution is 2.17. The minimum Gasteiger partial charge on any atom is -0.360 e. The van der Waals surface area contributed by atoms with Crippen LogP contribution in [0.5, 0.6) is 0 Å². The van der Waals surface area contributed by atoms with Gasteiger partial charge in [0, 0.05) is 19.1 Å². The van der Waals surface area contributed by atoms with Gasteiger partial charge in [0.25, 0.3) is 0 Å². The lowest BCUT2D eigenvalue weighted by atomic mass is 9.96. The molecule has 0 amide bonds. The molecule has 0 aromatic heterocycles. The smallest absolute Gasteiger partial charge is 0.166 e. The lowest BCUT2D eigenvalue weighted by Crippen LogP contribution is -2.42. The highest BCUT2D eigenvalue weighted by atomic mass is 32.1. The summed E-state index contributed by atoms with van der Waals surface area (Å²) in [5.41, 5.74) is 2.72. The van der Waals surface area contributed by atoms with Crippen molar-refractivity contribution in [3.63, 3.8) is 0 Å². The molecule has 1 heterocycles. The van der Waals surface area contributed by atoms with Crippen molar-refractivity contribution in [2.75, 3.05) is 13.1 Å². The Bertz CT molecular complexity index is 502. The molecule has 0 bridgehead atoms. The van der Waals surface area contributed by atoms with Crippen LogP contribution in [0.4, 0.5) is 0 Å². The van der Waals surface area contributed by atoms with Gasteiger partial charge in [0.15, 0.2) is 5.11 Å². The summed E-state index contributed by atoms with van der Waals surface area (Å²) in [6.45, 7) is 4.41. The summed E-state index contributed by atoms with van der Waals surface area (Å²) in [4.78, 5) is 2.57. The number of nitrogens with one attached hydrogen (secondary N) is 2. The zero-order chi connectivity index (χ0) is 16.6. The van der Waals surface area contributed by atoms with Crippen LogP contribution in [0, 0.1) is 0 Å². The van der Waals surface area contributed by atoms with Gasteiger partial charge in [-0.05, 0) is 62.1 Å². The number of hydrogen-bond acceptors (Lipinski definition) is 2. The van der Waals surface area contributed by atoms with E-state index in [1.54, 1.807) is 0 Å². The molecule has 0 atom stereocenters. The topological polar surface area (TPSA) is 27.3 Å². The predicted octanol–water partition coefficient (Wildman–Crippen LogP) is 3.97. The first-order valence-corrected chi connectivity index (χ1v) is 10.0. The molecule has 4 heteroatoms. The Kier molecular flexibility index (Phi) is 6.91. The average molecular weight is 346 g/mol. The van der Waals surface area contributed by atoms with Gasteiger partial charge >= 0.3 is 0 Å². The van der Waals surface area contributed by atoms with E-state index in [1.165, 1.54) is 75.6 Å². The molecule has 2 N–H and O–H groups in total. The lowest BCUT2D eigenvalue weighted by Gasteiger charge is -2.26. The van der Waals surface area contributed by atoms with E-state index < -0.39 is 0 Å². The van der Waals surface area contributed by atoms with Gasteiger partial charge in [0.1, 0.15) is 0 Å². The number of nitrogens with zero attached hydrogens (tertiary/aromatic N) is 1. The largest absolute Gasteiger partial charge is 0.360 e. The van der Waals surface area contributed by atoms with Crippen molar-refractivity contribution in [1.82, 2.24) is 15.5 Å². The Morgan fingerprint density at radius 1 is 0.917 bits per heavy atom. The maximum Gasteiger partial charge on any atom is 0.166 e. The first-order chi connectivity index (χ1) is 11.8. The fraction of sp³-hybridized carbons (Fsp3) is 0.650. The second-order valence-corrected chi connectivity index (χ2v) is 7.72. The van der Waals surface area contributed by atoms with E-state index in [0.29, 0.717) is 6.04 Å². The van der Waals surface area contributed by atoms with Gasteiger partial charge in [-0.1, -0.05) is 49.9 Å². The third-order valence-electron chi connectivity index (χ3n) is 5.27. The summed E-state index contributed by atoms with van der Waals surface area (Å²) in [7, 11) is 0. The third kappa shape index (κ3) is 5.75. The summed E-state index contributed by atoms with van der Waals surface area (Å²) in [6.07, 6.45) is 10.7. The van der Waals surface area contributed by atoms with E-state index >= 15 is 0 Å². The molecule has 132 valence electrons. The molecule has 1 aromatic rings. The van der Waals surface area contributed by atoms with Crippen LogP contribution in [-0.2, 0) is 13.1 Å². The SMILES string of the molecule is S=C(NCc1ccc(CN2CCCCC2)cc1)NC1CCCCC1. The minimum atomic E-state index is 0.575. The first kappa shape index (κ1) is 17.7. The van der Waals surface area contributed by atoms with Gasteiger partial charge in [-0.2, -0.15) is 0 Å². The predicted molar refractivity (Wildman–Crippen MR) is 105 cm³/mol. The summed E-state index contributed by atoms with van der Waals surface area (Å²) in [5.74, 6) is 0. The molecule has 2 aliphatic rings. The van der Waals surface area contributed by atoms with Crippen LogP contribution in [-0.4, -0.2) is 29.1 Å². The molecule has 1 saturated heterocycles. The van der Waals surface area contributed by atoms with Gasteiger partial charge in [-0.25, -0.2) is 0 Å². The zero-order valence-electron chi connectivity index (χ0n) is 14.7. The van der Waals surface area contributed by atoms with E-state index in [2.05, 4.69) is 39.8 Å². The monoisotopic (exact) mass is 345 g/mol. The fourth-order valence-electron chi connectivity index (χ4n) is 3.80. The molecule has 0 unspecified atom stereocenters. The highest BCUT2D eigenvalue weighted by molar-refractivity contribution is 7.80. The molecule has 0 radical (unpaired) electrons. The number of hydrogen-bond donors (Lipinski definition) is 2. The molecule has 1 aromatic carbocycles. The fourth-order valence-corrected chi connectivity index (χ4v) is 4.04. The third-order valence-corrected chi connectivity index (χ3v) is 5.53. The van der Waals surface area contributed by atoms with E-state index in [4.69, 9.17) is 12.2 Å². The molecular weight excluding hydrogens is 314 g/mol. The van der Waals surface area contributed by atoms with Crippen LogP contribution in [0.3, 0.4) is 0 Å². The summed E-state index contributed by atoms with van der Waals surface area (Å²) in [5, 5.41) is 7.63. The number of likely N-dealkylation sites (tertiary alicyclic amines) is 1. The van der Waals surface area contributed by atoms with Crippen molar-refractivity contribution >= 4 is 17.3 Å². The standard InChI is InChI=1S/C20H31N3S/c24-20(22-19-7-3-1-4-8-19)21-15-17-9-11-18(12-10-17)16-23-13-5-2-6-14-23/h9-12,19H,1-8,13-16H2,(H2,21,22,24). The molecule has 1 saturated carbocycles. The summed E-state index contributed by atoms with van der Waals surface area (Å²) in [6, 6.07) is 9.57. The van der Waals surface area contributed by atoms with Crippen LogP contribution in [0.15, 0.2) is 24.3 Å². The average Bonchev–Trinajstić information content (AvgIpc) is 2.63. The minimum absolute atomic E-state index is 0.575. The Labute approximate surface area is 152 Å². The Morgan fingerprint density at radius 2 is 1.54 bits per heavy atom. The van der Waals surface area contributed by atoms with E-state index in [1.807, 2.05) is 0 Å². The van der Waals surface area contributed by atoms with Gasteiger partial charge in [-0.15, -0.1) is 0 Å². The molecule has 2 fully saturated rings. The van der Waals surface area contributed by atoms with Crippen molar-refractivity contribution in [3.05, 3.63) is 35.4 Å². The van der Waals surface area contributed by atoms with Crippen molar-refractivity contribution in [3.8, 4) is 0 Å².